The van der Waals surface area contributed by atoms with E-state index in [1.807, 2.05) is 35.8 Å². The van der Waals surface area contributed by atoms with Gasteiger partial charge < -0.3 is 19.1 Å². The zero-order valence-electron chi connectivity index (χ0n) is 14.4. The van der Waals surface area contributed by atoms with Gasteiger partial charge >= 0.3 is 5.97 Å². The molecule has 2 heterocycles. The van der Waals surface area contributed by atoms with Gasteiger partial charge in [-0.1, -0.05) is 12.1 Å². The number of hydrogen-bond acceptors (Lipinski definition) is 4. The quantitative estimate of drug-likeness (QED) is 0.783. The van der Waals surface area contributed by atoms with Crippen molar-refractivity contribution in [1.29, 1.82) is 0 Å². The van der Waals surface area contributed by atoms with E-state index >= 15 is 0 Å². The number of nitrogens with zero attached hydrogens (tertiary/aromatic N) is 1. The minimum atomic E-state index is -1.22. The SMILES string of the molecule is COc1ccc(-c2ccc3c(=O)c(C(=O)O)cn4c3c2OC[C@@H]4C)cc1. The monoisotopic (exact) mass is 351 g/mol. The van der Waals surface area contributed by atoms with Crippen molar-refractivity contribution in [1.82, 2.24) is 4.57 Å². The molecule has 1 atom stereocenters. The second kappa shape index (κ2) is 5.91. The molecule has 2 aromatic carbocycles. The first-order valence-electron chi connectivity index (χ1n) is 8.23. The van der Waals surface area contributed by atoms with Crippen LogP contribution in [0.25, 0.3) is 22.0 Å². The third kappa shape index (κ3) is 2.34. The Hall–Kier alpha value is -3.28. The van der Waals surface area contributed by atoms with Gasteiger partial charge in [0.25, 0.3) is 0 Å². The van der Waals surface area contributed by atoms with Gasteiger partial charge in [-0.05, 0) is 36.8 Å². The van der Waals surface area contributed by atoms with Crippen molar-refractivity contribution in [2.75, 3.05) is 13.7 Å². The highest BCUT2D eigenvalue weighted by molar-refractivity contribution is 5.97. The predicted molar refractivity (Wildman–Crippen MR) is 97.4 cm³/mol. The zero-order valence-corrected chi connectivity index (χ0v) is 14.4. The summed E-state index contributed by atoms with van der Waals surface area (Å²) in [5.74, 6) is 0.126. The van der Waals surface area contributed by atoms with Crippen molar-refractivity contribution in [3.63, 3.8) is 0 Å². The van der Waals surface area contributed by atoms with E-state index in [0.29, 0.717) is 23.3 Å². The molecule has 1 aliphatic heterocycles. The molecule has 6 nitrogen and oxygen atoms in total. The number of rotatable bonds is 3. The van der Waals surface area contributed by atoms with Crippen molar-refractivity contribution in [3.05, 3.63) is 58.4 Å². The summed E-state index contributed by atoms with van der Waals surface area (Å²) in [5, 5.41) is 9.69. The molecular formula is C20H17NO5. The summed E-state index contributed by atoms with van der Waals surface area (Å²) in [7, 11) is 1.61. The number of pyridine rings is 1. The first-order chi connectivity index (χ1) is 12.5. The number of aromatic nitrogens is 1. The van der Waals surface area contributed by atoms with Crippen molar-refractivity contribution in [2.24, 2.45) is 0 Å². The molecule has 3 aromatic rings. The highest BCUT2D eigenvalue weighted by atomic mass is 16.5. The third-order valence-electron chi connectivity index (χ3n) is 4.72. The van der Waals surface area contributed by atoms with Crippen LogP contribution in [0, 0.1) is 0 Å². The van der Waals surface area contributed by atoms with Crippen molar-refractivity contribution in [2.45, 2.75) is 13.0 Å². The van der Waals surface area contributed by atoms with Crippen LogP contribution < -0.4 is 14.9 Å². The maximum absolute atomic E-state index is 12.6. The summed E-state index contributed by atoms with van der Waals surface area (Å²) in [5.41, 5.74) is 1.69. The molecule has 132 valence electrons. The molecule has 0 radical (unpaired) electrons. The largest absolute Gasteiger partial charge is 0.497 e. The van der Waals surface area contributed by atoms with Crippen LogP contribution in [0.1, 0.15) is 23.3 Å². The highest BCUT2D eigenvalue weighted by Crippen LogP contribution is 2.40. The second-order valence-electron chi connectivity index (χ2n) is 6.31. The van der Waals surface area contributed by atoms with E-state index in [4.69, 9.17) is 9.47 Å². The minimum absolute atomic E-state index is 0.0742. The average molecular weight is 351 g/mol. The van der Waals surface area contributed by atoms with Crippen LogP contribution in [0.15, 0.2) is 47.4 Å². The number of carbonyl (C=O) groups is 1. The van der Waals surface area contributed by atoms with Gasteiger partial charge in [-0.3, -0.25) is 4.79 Å². The number of ether oxygens (including phenoxy) is 2. The van der Waals surface area contributed by atoms with Crippen LogP contribution in [-0.2, 0) is 0 Å². The summed E-state index contributed by atoms with van der Waals surface area (Å²) < 4.78 is 13.0. The molecule has 0 amide bonds. The lowest BCUT2D eigenvalue weighted by Gasteiger charge is -2.28. The van der Waals surface area contributed by atoms with Gasteiger partial charge in [-0.2, -0.15) is 0 Å². The number of benzene rings is 2. The van der Waals surface area contributed by atoms with Crippen molar-refractivity contribution < 1.29 is 19.4 Å². The number of aromatic carboxylic acids is 1. The molecule has 1 aliphatic rings. The lowest BCUT2D eigenvalue weighted by atomic mass is 9.99. The van der Waals surface area contributed by atoms with Crippen LogP contribution >= 0.6 is 0 Å². The van der Waals surface area contributed by atoms with Crippen LogP contribution in [-0.4, -0.2) is 29.4 Å². The molecular weight excluding hydrogens is 334 g/mol. The van der Waals surface area contributed by atoms with Crippen LogP contribution in [0.5, 0.6) is 11.5 Å². The van der Waals surface area contributed by atoms with Crippen LogP contribution in [0.4, 0.5) is 0 Å². The smallest absolute Gasteiger partial charge is 0.341 e. The fourth-order valence-corrected chi connectivity index (χ4v) is 3.35. The maximum atomic E-state index is 12.6. The summed E-state index contributed by atoms with van der Waals surface area (Å²) >= 11 is 0. The first kappa shape index (κ1) is 16.2. The van der Waals surface area contributed by atoms with E-state index in [1.165, 1.54) is 6.20 Å². The van der Waals surface area contributed by atoms with E-state index < -0.39 is 11.4 Å². The molecule has 26 heavy (non-hydrogen) atoms. The summed E-state index contributed by atoms with van der Waals surface area (Å²) in [6.45, 7) is 2.33. The maximum Gasteiger partial charge on any atom is 0.341 e. The van der Waals surface area contributed by atoms with Gasteiger partial charge in [0.15, 0.2) is 5.75 Å². The fourth-order valence-electron chi connectivity index (χ4n) is 3.35. The first-order valence-corrected chi connectivity index (χ1v) is 8.23. The number of methoxy groups -OCH3 is 1. The Kier molecular flexibility index (Phi) is 3.68. The Morgan fingerprint density at radius 3 is 2.62 bits per heavy atom. The molecule has 0 spiro atoms. The molecule has 0 aliphatic carbocycles. The molecule has 1 aromatic heterocycles. The summed E-state index contributed by atoms with van der Waals surface area (Å²) in [6, 6.07) is 11.0. The van der Waals surface area contributed by atoms with Crippen molar-refractivity contribution in [3.8, 4) is 22.6 Å². The lowest BCUT2D eigenvalue weighted by molar-refractivity contribution is 0.0694. The van der Waals surface area contributed by atoms with Crippen LogP contribution in [0.2, 0.25) is 0 Å². The van der Waals surface area contributed by atoms with E-state index in [9.17, 15) is 14.7 Å². The number of carboxylic acids is 1. The molecule has 0 bridgehead atoms. The molecule has 4 rings (SSSR count). The highest BCUT2D eigenvalue weighted by Gasteiger charge is 2.25. The van der Waals surface area contributed by atoms with Gasteiger partial charge in [-0.25, -0.2) is 4.79 Å². The Morgan fingerprint density at radius 2 is 1.96 bits per heavy atom. The predicted octanol–water partition coefficient (Wildman–Crippen LogP) is 3.33. The van der Waals surface area contributed by atoms with Gasteiger partial charge in [0, 0.05) is 11.8 Å². The van der Waals surface area contributed by atoms with Gasteiger partial charge in [-0.15, -0.1) is 0 Å². The Bertz CT molecular complexity index is 1080. The Labute approximate surface area is 149 Å². The fraction of sp³-hybridized carbons (Fsp3) is 0.200. The standard InChI is InChI=1S/C20H17NO5/c1-11-10-26-19-14(12-3-5-13(25-2)6-4-12)7-8-15-17(19)21(11)9-16(18(15)22)20(23)24/h3-9,11H,10H2,1-2H3,(H,23,24)/t11-/m0/s1. The third-order valence-corrected chi connectivity index (χ3v) is 4.72. The Morgan fingerprint density at radius 1 is 1.23 bits per heavy atom. The van der Waals surface area contributed by atoms with Gasteiger partial charge in [0.1, 0.15) is 17.9 Å². The molecule has 0 unspecified atom stereocenters. The molecule has 0 saturated heterocycles. The lowest BCUT2D eigenvalue weighted by Crippen LogP contribution is -2.26. The molecule has 1 N–H and O–H groups in total. The normalized spacial score (nSPS) is 15.5. The summed E-state index contributed by atoms with van der Waals surface area (Å²) in [6.07, 6.45) is 1.42. The van der Waals surface area contributed by atoms with E-state index in [0.717, 1.165) is 16.9 Å². The van der Waals surface area contributed by atoms with E-state index in [1.54, 1.807) is 19.2 Å². The number of carboxylic acid groups (broad SMARTS) is 1. The molecule has 0 fully saturated rings. The van der Waals surface area contributed by atoms with Crippen LogP contribution in [0.3, 0.4) is 0 Å². The molecule has 6 heteroatoms. The number of hydrogen-bond donors (Lipinski definition) is 1. The van der Waals surface area contributed by atoms with Gasteiger partial charge in [0.05, 0.1) is 24.1 Å². The zero-order chi connectivity index (χ0) is 18.4. The second-order valence-corrected chi connectivity index (χ2v) is 6.31. The van der Waals surface area contributed by atoms with Crippen molar-refractivity contribution >= 4 is 16.9 Å². The minimum Gasteiger partial charge on any atom is -0.497 e. The average Bonchev–Trinajstić information content (AvgIpc) is 2.65. The van der Waals surface area contributed by atoms with Gasteiger partial charge in [0.2, 0.25) is 5.43 Å². The Balaban J connectivity index is 2.03. The molecule has 0 saturated carbocycles. The van der Waals surface area contributed by atoms with E-state index in [-0.39, 0.29) is 11.6 Å². The van der Waals surface area contributed by atoms with E-state index in [2.05, 4.69) is 0 Å². The summed E-state index contributed by atoms with van der Waals surface area (Å²) in [4.78, 5) is 24.0. The topological polar surface area (TPSA) is 77.8 Å².